The van der Waals surface area contributed by atoms with Crippen LogP contribution in [-0.2, 0) is 9.59 Å². The van der Waals surface area contributed by atoms with Crippen molar-refractivity contribution < 1.29 is 44.0 Å². The van der Waals surface area contributed by atoms with Crippen molar-refractivity contribution in [3.8, 4) is 17.2 Å². The van der Waals surface area contributed by atoms with Crippen molar-refractivity contribution in [1.82, 2.24) is 10.6 Å². The second-order valence-electron chi connectivity index (χ2n) is 13.6. The molecule has 0 saturated heterocycles. The summed E-state index contributed by atoms with van der Waals surface area (Å²) >= 11 is 0. The molecule has 11 nitrogen and oxygen atoms in total. The summed E-state index contributed by atoms with van der Waals surface area (Å²) in [5.74, 6) is -2.66. The first-order valence-electron chi connectivity index (χ1n) is 16.2. The molecular formula is C35H50N2O9. The predicted molar refractivity (Wildman–Crippen MR) is 173 cm³/mol. The highest BCUT2D eigenvalue weighted by Gasteiger charge is 2.35. The molecule has 1 fully saturated rings. The molecular weight excluding hydrogens is 592 g/mol. The van der Waals surface area contributed by atoms with Crippen molar-refractivity contribution in [3.63, 3.8) is 0 Å². The topological polar surface area (TPSA) is 171 Å². The zero-order chi connectivity index (χ0) is 34.0. The maximum Gasteiger partial charge on any atom is 0.412 e. The SMILES string of the molecule is C=C(C)[C@@H]1CCC(C)=C[C@H]1c1c(O)cc(OC(=O)NCC2(CC(=O)O)CCCCC2)cc1OC(=O)NCC(CC(=O)O)CC(C)C. The number of aromatic hydroxyl groups is 1. The van der Waals surface area contributed by atoms with Gasteiger partial charge in [0.25, 0.3) is 0 Å². The van der Waals surface area contributed by atoms with Gasteiger partial charge < -0.3 is 35.4 Å². The van der Waals surface area contributed by atoms with Crippen LogP contribution < -0.4 is 20.1 Å². The molecule has 0 heterocycles. The van der Waals surface area contributed by atoms with Crippen LogP contribution >= 0.6 is 0 Å². The largest absolute Gasteiger partial charge is 0.507 e. The number of carbonyl (C=O) groups excluding carboxylic acids is 2. The van der Waals surface area contributed by atoms with E-state index in [0.29, 0.717) is 24.8 Å². The van der Waals surface area contributed by atoms with Gasteiger partial charge in [-0.1, -0.05) is 56.9 Å². The van der Waals surface area contributed by atoms with E-state index in [-0.39, 0.29) is 66.9 Å². The summed E-state index contributed by atoms with van der Waals surface area (Å²) < 4.78 is 11.3. The number of aliphatic carboxylic acids is 2. The van der Waals surface area contributed by atoms with Crippen molar-refractivity contribution >= 4 is 24.1 Å². The van der Waals surface area contributed by atoms with E-state index in [1.165, 1.54) is 12.1 Å². The zero-order valence-electron chi connectivity index (χ0n) is 27.5. The van der Waals surface area contributed by atoms with E-state index in [9.17, 15) is 34.5 Å². The summed E-state index contributed by atoms with van der Waals surface area (Å²) in [5, 5.41) is 35.4. The van der Waals surface area contributed by atoms with Crippen molar-refractivity contribution in [2.45, 2.75) is 97.8 Å². The summed E-state index contributed by atoms with van der Waals surface area (Å²) in [4.78, 5) is 48.9. The van der Waals surface area contributed by atoms with Gasteiger partial charge in [-0.25, -0.2) is 9.59 Å². The number of ether oxygens (including phenoxy) is 2. The van der Waals surface area contributed by atoms with Crippen LogP contribution in [0.1, 0.15) is 103 Å². The molecule has 2 aliphatic carbocycles. The minimum Gasteiger partial charge on any atom is -0.507 e. The second kappa shape index (κ2) is 16.5. The van der Waals surface area contributed by atoms with Gasteiger partial charge in [0, 0.05) is 43.1 Å². The fourth-order valence-corrected chi connectivity index (χ4v) is 6.93. The van der Waals surface area contributed by atoms with E-state index in [2.05, 4.69) is 17.2 Å². The van der Waals surface area contributed by atoms with Gasteiger partial charge in [0.15, 0.2) is 0 Å². The maximum absolute atomic E-state index is 13.1. The number of allylic oxidation sites excluding steroid dienone is 3. The van der Waals surface area contributed by atoms with Gasteiger partial charge >= 0.3 is 24.1 Å². The Labute approximate surface area is 271 Å². The molecule has 1 aromatic carbocycles. The van der Waals surface area contributed by atoms with Gasteiger partial charge in [0.2, 0.25) is 0 Å². The number of benzene rings is 1. The monoisotopic (exact) mass is 642 g/mol. The summed E-state index contributed by atoms with van der Waals surface area (Å²) in [6.45, 7) is 12.2. The van der Waals surface area contributed by atoms with Crippen molar-refractivity contribution in [2.75, 3.05) is 13.1 Å². The molecule has 0 spiro atoms. The fourth-order valence-electron chi connectivity index (χ4n) is 6.93. The van der Waals surface area contributed by atoms with E-state index in [0.717, 1.165) is 43.3 Å². The lowest BCUT2D eigenvalue weighted by Crippen LogP contribution is -2.41. The van der Waals surface area contributed by atoms with Crippen LogP contribution in [0.5, 0.6) is 17.2 Å². The second-order valence-corrected chi connectivity index (χ2v) is 13.6. The number of carbonyl (C=O) groups is 4. The highest BCUT2D eigenvalue weighted by Crippen LogP contribution is 2.48. The number of rotatable bonds is 14. The van der Waals surface area contributed by atoms with E-state index in [1.807, 2.05) is 33.8 Å². The molecule has 2 aliphatic rings. The summed E-state index contributed by atoms with van der Waals surface area (Å²) in [5.41, 5.74) is 1.81. The Morgan fingerprint density at radius 3 is 2.30 bits per heavy atom. The third-order valence-corrected chi connectivity index (χ3v) is 9.07. The number of phenols is 1. The van der Waals surface area contributed by atoms with Gasteiger partial charge in [0.05, 0.1) is 6.42 Å². The number of amides is 2. The molecule has 1 saturated carbocycles. The molecule has 0 bridgehead atoms. The quantitative estimate of drug-likeness (QED) is 0.132. The molecule has 2 amide bonds. The van der Waals surface area contributed by atoms with Crippen molar-refractivity contribution in [2.24, 2.45) is 23.2 Å². The average Bonchev–Trinajstić information content (AvgIpc) is 2.94. The number of phenolic OH excluding ortho intramolecular Hbond substituents is 1. The Kier molecular flexibility index (Phi) is 13.1. The van der Waals surface area contributed by atoms with Gasteiger partial charge in [-0.15, -0.1) is 0 Å². The Morgan fingerprint density at radius 2 is 1.70 bits per heavy atom. The number of carboxylic acid groups (broad SMARTS) is 2. The van der Waals surface area contributed by atoms with Crippen LogP contribution in [0.3, 0.4) is 0 Å². The molecule has 0 aliphatic heterocycles. The van der Waals surface area contributed by atoms with Crippen LogP contribution in [-0.4, -0.2) is 52.5 Å². The molecule has 0 radical (unpaired) electrons. The molecule has 46 heavy (non-hydrogen) atoms. The number of nitrogens with one attached hydrogen (secondary N) is 2. The summed E-state index contributed by atoms with van der Waals surface area (Å²) in [6, 6.07) is 2.67. The molecule has 5 N–H and O–H groups in total. The smallest absolute Gasteiger partial charge is 0.412 e. The number of hydrogen-bond acceptors (Lipinski definition) is 7. The van der Waals surface area contributed by atoms with Crippen LogP contribution in [0.4, 0.5) is 9.59 Å². The lowest BCUT2D eigenvalue weighted by Gasteiger charge is -2.36. The predicted octanol–water partition coefficient (Wildman–Crippen LogP) is 7.15. The highest BCUT2D eigenvalue weighted by atomic mass is 16.6. The third kappa shape index (κ3) is 10.8. The van der Waals surface area contributed by atoms with Gasteiger partial charge in [-0.3, -0.25) is 9.59 Å². The fraction of sp³-hybridized carbons (Fsp3) is 0.600. The van der Waals surface area contributed by atoms with E-state index in [4.69, 9.17) is 9.47 Å². The van der Waals surface area contributed by atoms with Gasteiger partial charge in [-0.2, -0.15) is 0 Å². The minimum atomic E-state index is -0.959. The highest BCUT2D eigenvalue weighted by molar-refractivity contribution is 5.74. The first-order valence-corrected chi connectivity index (χ1v) is 16.2. The molecule has 3 atom stereocenters. The summed E-state index contributed by atoms with van der Waals surface area (Å²) in [7, 11) is 0. The van der Waals surface area contributed by atoms with Crippen LogP contribution in [0.25, 0.3) is 0 Å². The first kappa shape index (κ1) is 36.4. The van der Waals surface area contributed by atoms with Crippen LogP contribution in [0.2, 0.25) is 0 Å². The van der Waals surface area contributed by atoms with Gasteiger partial charge in [0.1, 0.15) is 17.2 Å². The first-order chi connectivity index (χ1) is 21.7. The number of carboxylic acids is 2. The van der Waals surface area contributed by atoms with E-state index < -0.39 is 29.5 Å². The van der Waals surface area contributed by atoms with E-state index in [1.54, 1.807) is 0 Å². The number of hydrogen-bond donors (Lipinski definition) is 5. The van der Waals surface area contributed by atoms with Crippen molar-refractivity contribution in [1.29, 1.82) is 0 Å². The normalized spacial score (nSPS) is 19.8. The van der Waals surface area contributed by atoms with Gasteiger partial charge in [-0.05, 0) is 69.1 Å². The Hall–Kier alpha value is -4.02. The maximum atomic E-state index is 13.1. The third-order valence-electron chi connectivity index (χ3n) is 9.07. The molecule has 0 aromatic heterocycles. The zero-order valence-corrected chi connectivity index (χ0v) is 27.5. The summed E-state index contributed by atoms with van der Waals surface area (Å²) in [6.07, 6.45) is 6.60. The van der Waals surface area contributed by atoms with Crippen LogP contribution in [0.15, 0.2) is 35.9 Å². The Morgan fingerprint density at radius 1 is 1.02 bits per heavy atom. The lowest BCUT2D eigenvalue weighted by molar-refractivity contribution is -0.140. The molecule has 1 aromatic rings. The molecule has 3 rings (SSSR count). The van der Waals surface area contributed by atoms with Crippen LogP contribution in [0, 0.1) is 23.2 Å². The standard InChI is InChI=1S/C35H50N2O9/c1-21(2)13-24(15-30(39)40)19-36-33(43)46-29-17-25(16-28(38)32(29)27-14-23(5)9-10-26(27)22(3)4)45-34(44)37-20-35(18-31(41)42)11-7-6-8-12-35/h14,16-17,21,24,26-27,38H,3,6-13,15,18-20H2,1-2,4-5H3,(H,36,43)(H,37,44)(H,39,40)(H,41,42)/t24?,26-,27+/m0/s1. The average molecular weight is 643 g/mol. The molecule has 254 valence electrons. The lowest BCUT2D eigenvalue weighted by atomic mass is 9.72. The Bertz CT molecular complexity index is 1310. The van der Waals surface area contributed by atoms with E-state index >= 15 is 0 Å². The Balaban J connectivity index is 1.87. The minimum absolute atomic E-state index is 0.00391. The molecule has 1 unspecified atom stereocenters. The van der Waals surface area contributed by atoms with Crippen molar-refractivity contribution in [3.05, 3.63) is 41.5 Å². The molecule has 11 heteroatoms.